The molecule has 4 unspecified atom stereocenters. The number of aromatic hydroxyl groups is 1. The summed E-state index contributed by atoms with van der Waals surface area (Å²) < 4.78 is 89.7. The number of nitrogens with two attached hydrogens (primary N) is 1. The van der Waals surface area contributed by atoms with E-state index in [0.29, 0.717) is 116 Å². The summed E-state index contributed by atoms with van der Waals surface area (Å²) in [6, 6.07) is 7.53. The number of fused-ring (bicyclic) bond motifs is 1. The first-order valence-electron chi connectivity index (χ1n) is 46.7. The smallest absolute Gasteiger partial charge is 0.407 e. The van der Waals surface area contributed by atoms with E-state index in [9.17, 15) is 72.2 Å². The standard InChI is InChI=1S/C47H74N6O15.C25H42N4O5.C22H36N2O12.2CO2.BH4/c1-33(46(3,4)5)29-36(52-45(60)68-47(6,7)8)30-35-9-10-38-37(31-35)53-42(57)32-50-44(59)34(2)51-41(56)13-17-61-21-25-65-27-23-63-19-15-48-39(54)11-12-40(55)49-16-20-64-24-28-66-26-22-62-18-14-43(58)67-38;1-15(24(3,4)5)11-18(28-23(33)34-25(6,7)8)12-17-9-10-20(30)19(13-17)29-21(31)14-27-22(32)16(2)26;25-19-35-17-15-33-13-11-31-9-7-29-5-3-23-21(27)1-2-22(28)24-4-6-30-8-10-32-12-14-34-16-18-36-20-26;2*2-1-3;/h9-10,31,33-34,36H,13-30,32H2,1-8H3,(H,48,54)(H,49,55)(H,50,59)(H,51,56)(H,52,60)(H,53,57);9-10,13,15-16,18,30H,11-12,14,26H2,1-8H3,(H,27,32)(H,28,33)(H,29,31);19-20H,3-18H2,(H,23,27)(H,24,28);;;1H4/q;;;;;-1/t33?,34?,36-;15?,16?,18-;;;;/m11..../s1. The number of phenolic OH excluding ortho intramolecular Hbond substituents is 1. The zero-order valence-electron chi connectivity index (χ0n) is 85.8. The van der Waals surface area contributed by atoms with Crippen LogP contribution in [0.5, 0.6) is 11.5 Å². The van der Waals surface area contributed by atoms with Crippen molar-refractivity contribution in [2.24, 2.45) is 28.4 Å². The summed E-state index contributed by atoms with van der Waals surface area (Å²) in [6.45, 7) is 38.6. The molecule has 3 rings (SSSR count). The van der Waals surface area contributed by atoms with Crippen molar-refractivity contribution in [2.45, 2.75) is 185 Å². The summed E-state index contributed by atoms with van der Waals surface area (Å²) in [4.78, 5) is 200. The highest BCUT2D eigenvalue weighted by Crippen LogP contribution is 2.34. The van der Waals surface area contributed by atoms with E-state index in [-0.39, 0.29) is 224 Å². The molecular formula is C96H156BN12O36-. The van der Waals surface area contributed by atoms with E-state index in [1.807, 2.05) is 20.8 Å². The summed E-state index contributed by atoms with van der Waals surface area (Å²) in [6.07, 6.45) is 1.44. The van der Waals surface area contributed by atoms with Gasteiger partial charge in [0.05, 0.1) is 195 Å². The number of rotatable bonds is 40. The average molecular weight is 2070 g/mol. The lowest BCUT2D eigenvalue weighted by molar-refractivity contribution is -0.193. The first kappa shape index (κ1) is 137. The van der Waals surface area contributed by atoms with E-state index in [1.54, 1.807) is 51.1 Å². The molecule has 48 nitrogen and oxygen atoms in total. The van der Waals surface area contributed by atoms with Crippen molar-refractivity contribution >= 4 is 116 Å². The third-order valence-corrected chi connectivity index (χ3v) is 19.0. The van der Waals surface area contributed by atoms with Crippen LogP contribution in [-0.2, 0) is 165 Å². The van der Waals surface area contributed by atoms with Crippen molar-refractivity contribution in [3.8, 4) is 35.2 Å². The highest BCUT2D eigenvalue weighted by Gasteiger charge is 2.30. The van der Waals surface area contributed by atoms with E-state index in [1.165, 1.54) is 19.9 Å². The minimum absolute atomic E-state index is 0. The second-order valence-corrected chi connectivity index (χ2v) is 35.3. The minimum atomic E-state index is -0.978. The molecule has 820 valence electrons. The molecule has 2 aromatic carbocycles. The SMILES string of the molecule is CC(N)C(=O)NCC(=O)Nc1cc(C[C@@H](CC(C)C(C)(C)C)NC(=O)OC(C)(C)C)ccc1O.CC1NC(=O)CCOCCOCCOCCNC(=O)C#CC(=O)NCCOCCOCCOCCC(=O)Oc2ccc(C[C@@H](CC(C)C(C)(C)C)NC(=O)OC(C)(C)C)cc2NC(=O)CNC1=O.O=C=O.O=C=O.O=COCCOCCOCCOCCNC(=O)C#CC(=O)NCCOCCOCCOCCOC=O.[BH4-]. The zero-order valence-corrected chi connectivity index (χ0v) is 85.8. The fraction of sp³-hybridized carbons (Fsp3) is 0.667. The van der Waals surface area contributed by atoms with Gasteiger partial charge in [0.15, 0.2) is 5.75 Å². The van der Waals surface area contributed by atoms with Gasteiger partial charge in [-0.2, -0.15) is 19.2 Å². The Bertz CT molecular complexity index is 4220. The van der Waals surface area contributed by atoms with Crippen molar-refractivity contribution in [1.82, 2.24) is 47.9 Å². The van der Waals surface area contributed by atoms with E-state index in [0.717, 1.165) is 5.56 Å². The van der Waals surface area contributed by atoms with Gasteiger partial charge in [-0.1, -0.05) is 75.9 Å². The summed E-state index contributed by atoms with van der Waals surface area (Å²) >= 11 is 0. The number of alkyl carbamates (subject to hydrolysis) is 2. The van der Waals surface area contributed by atoms with Gasteiger partial charge < -0.3 is 150 Å². The molecule has 1 heterocycles. The maximum absolute atomic E-state index is 13.3. The van der Waals surface area contributed by atoms with Crippen LogP contribution in [-0.4, -0.2) is 357 Å². The fourth-order valence-electron chi connectivity index (χ4n) is 10.9. The first-order valence-corrected chi connectivity index (χ1v) is 46.7. The molecule has 14 N–H and O–H groups in total. The van der Waals surface area contributed by atoms with Crippen LogP contribution in [0.3, 0.4) is 0 Å². The number of phenols is 1. The number of hydrogen-bond donors (Lipinski definition) is 13. The Morgan fingerprint density at radius 2 is 0.890 bits per heavy atom. The van der Waals surface area contributed by atoms with Crippen molar-refractivity contribution in [3.63, 3.8) is 0 Å². The lowest BCUT2D eigenvalue weighted by Gasteiger charge is -2.32. The monoisotopic (exact) mass is 2060 g/mol. The molecular weight excluding hydrogens is 1910 g/mol. The number of ether oxygens (including phenoxy) is 17. The molecule has 145 heavy (non-hydrogen) atoms. The lowest BCUT2D eigenvalue weighted by atomic mass is 9.78. The van der Waals surface area contributed by atoms with Gasteiger partial charge >= 0.3 is 30.5 Å². The van der Waals surface area contributed by atoms with Crippen LogP contribution in [0.2, 0.25) is 0 Å². The van der Waals surface area contributed by atoms with Crippen molar-refractivity contribution in [3.05, 3.63) is 47.5 Å². The maximum atomic E-state index is 13.3. The number of carbonyl (C=O) groups is 14. The van der Waals surface area contributed by atoms with Crippen LogP contribution < -0.4 is 69.0 Å². The van der Waals surface area contributed by atoms with Gasteiger partial charge in [-0.05, 0) is 139 Å². The number of anilines is 2. The number of carbonyl (C=O) groups excluding carboxylic acids is 18. The number of nitrogens with one attached hydrogen (secondary N) is 11. The molecule has 0 spiro atoms. The van der Waals surface area contributed by atoms with Crippen LogP contribution in [0.15, 0.2) is 36.4 Å². The quantitative estimate of drug-likeness (QED) is 0.00617. The van der Waals surface area contributed by atoms with Crippen molar-refractivity contribution in [2.75, 3.05) is 222 Å². The van der Waals surface area contributed by atoms with Gasteiger partial charge in [0.1, 0.15) is 36.2 Å². The van der Waals surface area contributed by atoms with E-state index < -0.39 is 101 Å². The number of benzene rings is 2. The van der Waals surface area contributed by atoms with Crippen LogP contribution in [0.25, 0.3) is 0 Å². The number of hydrogen-bond acceptors (Lipinski definition) is 37. The summed E-state index contributed by atoms with van der Waals surface area (Å²) in [7, 11) is 0. The molecule has 1 aliphatic rings. The molecule has 0 saturated carbocycles. The predicted molar refractivity (Wildman–Crippen MR) is 527 cm³/mol. The topological polar surface area (TPSA) is 643 Å². The molecule has 6 atom stereocenters. The van der Waals surface area contributed by atoms with Gasteiger partial charge in [0, 0.05) is 68.4 Å². The molecule has 1 aliphatic heterocycles. The Balaban J connectivity index is -0.00000220. The second kappa shape index (κ2) is 84.1. The Hall–Kier alpha value is -12.2. The van der Waals surface area contributed by atoms with E-state index in [4.69, 9.17) is 96.0 Å². The van der Waals surface area contributed by atoms with Crippen LogP contribution in [0, 0.1) is 46.3 Å². The normalized spacial score (nSPS) is 15.4. The van der Waals surface area contributed by atoms with Gasteiger partial charge in [0.25, 0.3) is 36.6 Å². The first-order chi connectivity index (χ1) is 68.2. The van der Waals surface area contributed by atoms with Crippen LogP contribution >= 0.6 is 0 Å². The second-order valence-electron chi connectivity index (χ2n) is 35.3. The third-order valence-electron chi connectivity index (χ3n) is 19.0. The Morgan fingerprint density at radius 3 is 1.29 bits per heavy atom. The molecule has 0 aromatic heterocycles. The Morgan fingerprint density at radius 1 is 0.510 bits per heavy atom. The molecule has 0 bridgehead atoms. The van der Waals surface area contributed by atoms with Crippen molar-refractivity contribution in [1.29, 1.82) is 0 Å². The molecule has 0 radical (unpaired) electrons. The summed E-state index contributed by atoms with van der Waals surface area (Å²) in [5, 5.41) is 39.1. The Labute approximate surface area is 850 Å². The van der Waals surface area contributed by atoms with Gasteiger partial charge in [-0.3, -0.25) is 57.5 Å². The molecule has 2 aromatic rings. The maximum Gasteiger partial charge on any atom is 0.407 e. The minimum Gasteiger partial charge on any atom is -0.506 e. The van der Waals surface area contributed by atoms with Crippen LogP contribution in [0.4, 0.5) is 21.0 Å². The average Bonchev–Trinajstić information content (AvgIpc) is 0.843. The van der Waals surface area contributed by atoms with Crippen LogP contribution in [0.1, 0.15) is 148 Å². The summed E-state index contributed by atoms with van der Waals surface area (Å²) in [5.41, 5.74) is 6.02. The van der Waals surface area contributed by atoms with Gasteiger partial charge in [0.2, 0.25) is 29.5 Å². The lowest BCUT2D eigenvalue weighted by Crippen LogP contribution is -2.46. The van der Waals surface area contributed by atoms with E-state index in [2.05, 4.69) is 147 Å². The van der Waals surface area contributed by atoms with E-state index >= 15 is 0 Å². The van der Waals surface area contributed by atoms with Crippen molar-refractivity contribution < 1.29 is 172 Å². The largest absolute Gasteiger partial charge is 0.506 e. The molecule has 0 fully saturated rings. The zero-order chi connectivity index (χ0) is 108. The highest BCUT2D eigenvalue weighted by atomic mass is 16.6. The predicted octanol–water partition coefficient (Wildman–Crippen LogP) is 0.140. The molecule has 0 aliphatic carbocycles. The van der Waals surface area contributed by atoms with Gasteiger partial charge in [-0.15, -0.1) is 0 Å². The Kier molecular flexibility index (Phi) is 79.4. The third kappa shape index (κ3) is 82.8. The highest BCUT2D eigenvalue weighted by molar-refractivity contribution is 6.04. The molecule has 11 amide bonds. The molecule has 0 saturated heterocycles. The van der Waals surface area contributed by atoms with Gasteiger partial charge in [-0.25, -0.2) is 9.59 Å². The number of esters is 1. The summed E-state index contributed by atoms with van der Waals surface area (Å²) in [5.74, 6) is 3.52. The molecule has 49 heteroatoms. The number of amides is 11. The fourth-order valence-corrected chi connectivity index (χ4v) is 10.9.